The largest absolute Gasteiger partial charge is 0.380 e. The van der Waals surface area contributed by atoms with Crippen molar-refractivity contribution >= 4 is 18.3 Å². The van der Waals surface area contributed by atoms with Crippen LogP contribution in [0.3, 0.4) is 0 Å². The van der Waals surface area contributed by atoms with Crippen molar-refractivity contribution < 1.29 is 9.53 Å². The van der Waals surface area contributed by atoms with E-state index in [0.717, 1.165) is 65.2 Å². The lowest BCUT2D eigenvalue weighted by molar-refractivity contribution is -0.140. The minimum atomic E-state index is 0. The first kappa shape index (κ1) is 20.7. The fraction of sp³-hybridized carbons (Fsp3) is 0.941. The number of piperidine rings is 1. The van der Waals surface area contributed by atoms with E-state index in [0.29, 0.717) is 18.0 Å². The van der Waals surface area contributed by atoms with Crippen LogP contribution in [-0.4, -0.2) is 73.7 Å². The highest BCUT2D eigenvalue weighted by Crippen LogP contribution is 2.21. The highest BCUT2D eigenvalue weighted by Gasteiger charge is 2.33. The van der Waals surface area contributed by atoms with Crippen LogP contribution in [0.4, 0.5) is 0 Å². The van der Waals surface area contributed by atoms with E-state index < -0.39 is 0 Å². The molecule has 3 atom stereocenters. The standard InChI is InChI=1S/C17H33N3O2.ClH/c1-4-16-13-20(9-8-19(16)10-11-22-5-2)17(21)15-6-7-18-14(3)12-15;/h14-16,18H,4-13H2,1-3H3;1H/t14-,15-,16?;/m0./s1. The van der Waals surface area contributed by atoms with Crippen molar-refractivity contribution in [2.45, 2.75) is 52.1 Å². The van der Waals surface area contributed by atoms with Crippen LogP contribution in [0.5, 0.6) is 0 Å². The molecule has 2 saturated heterocycles. The van der Waals surface area contributed by atoms with Gasteiger partial charge in [0.05, 0.1) is 6.61 Å². The quantitative estimate of drug-likeness (QED) is 0.744. The molecule has 0 aromatic carbocycles. The topological polar surface area (TPSA) is 44.8 Å². The molecule has 0 radical (unpaired) electrons. The highest BCUT2D eigenvalue weighted by molar-refractivity contribution is 5.85. The van der Waals surface area contributed by atoms with Crippen molar-refractivity contribution in [2.75, 3.05) is 45.9 Å². The van der Waals surface area contributed by atoms with E-state index in [-0.39, 0.29) is 18.3 Å². The average molecular weight is 348 g/mol. The van der Waals surface area contributed by atoms with Gasteiger partial charge in [0.15, 0.2) is 0 Å². The molecule has 0 aliphatic carbocycles. The van der Waals surface area contributed by atoms with Crippen molar-refractivity contribution in [1.29, 1.82) is 0 Å². The predicted molar refractivity (Wildman–Crippen MR) is 96.2 cm³/mol. The molecule has 0 saturated carbocycles. The number of halogens is 1. The molecular weight excluding hydrogens is 314 g/mol. The lowest BCUT2D eigenvalue weighted by atomic mass is 9.91. The highest BCUT2D eigenvalue weighted by atomic mass is 35.5. The van der Waals surface area contributed by atoms with Crippen LogP contribution in [0.2, 0.25) is 0 Å². The minimum Gasteiger partial charge on any atom is -0.380 e. The van der Waals surface area contributed by atoms with E-state index in [1.165, 1.54) is 0 Å². The van der Waals surface area contributed by atoms with E-state index >= 15 is 0 Å². The zero-order valence-electron chi connectivity index (χ0n) is 14.9. The fourth-order valence-corrected chi connectivity index (χ4v) is 3.72. The molecule has 0 aromatic heterocycles. The second kappa shape index (κ2) is 10.5. The van der Waals surface area contributed by atoms with Gasteiger partial charge in [0.2, 0.25) is 5.91 Å². The Hall–Kier alpha value is -0.360. The van der Waals surface area contributed by atoms with E-state index in [1.54, 1.807) is 0 Å². The molecule has 1 unspecified atom stereocenters. The van der Waals surface area contributed by atoms with Gasteiger partial charge in [-0.2, -0.15) is 0 Å². The summed E-state index contributed by atoms with van der Waals surface area (Å²) in [6.07, 6.45) is 3.07. The van der Waals surface area contributed by atoms with E-state index in [9.17, 15) is 4.79 Å². The van der Waals surface area contributed by atoms with Crippen LogP contribution in [0.15, 0.2) is 0 Å². The molecule has 0 aromatic rings. The summed E-state index contributed by atoms with van der Waals surface area (Å²) < 4.78 is 5.48. The monoisotopic (exact) mass is 347 g/mol. The summed E-state index contributed by atoms with van der Waals surface area (Å²) in [5.74, 6) is 0.611. The second-order valence-corrected chi connectivity index (χ2v) is 6.66. The summed E-state index contributed by atoms with van der Waals surface area (Å²) >= 11 is 0. The molecule has 5 nitrogen and oxygen atoms in total. The minimum absolute atomic E-state index is 0. The summed E-state index contributed by atoms with van der Waals surface area (Å²) in [7, 11) is 0. The Morgan fingerprint density at radius 1 is 1.30 bits per heavy atom. The first-order valence-corrected chi connectivity index (χ1v) is 8.99. The number of ether oxygens (including phenoxy) is 1. The number of nitrogens with zero attached hydrogens (tertiary/aromatic N) is 2. The van der Waals surface area contributed by atoms with Gasteiger partial charge in [0.25, 0.3) is 0 Å². The first-order chi connectivity index (χ1) is 10.7. The van der Waals surface area contributed by atoms with Crippen molar-refractivity contribution in [2.24, 2.45) is 5.92 Å². The Kier molecular flexibility index (Phi) is 9.44. The third-order valence-electron chi connectivity index (χ3n) is 5.09. The number of carbonyl (C=O) groups is 1. The number of hydrogen-bond donors (Lipinski definition) is 1. The Balaban J connectivity index is 0.00000264. The van der Waals surface area contributed by atoms with Crippen molar-refractivity contribution in [3.05, 3.63) is 0 Å². The Bertz CT molecular complexity index is 357. The van der Waals surface area contributed by atoms with Gasteiger partial charge >= 0.3 is 0 Å². The van der Waals surface area contributed by atoms with Crippen LogP contribution in [-0.2, 0) is 9.53 Å². The summed E-state index contributed by atoms with van der Waals surface area (Å²) in [5.41, 5.74) is 0. The van der Waals surface area contributed by atoms with Gasteiger partial charge in [-0.1, -0.05) is 6.92 Å². The average Bonchev–Trinajstić information content (AvgIpc) is 2.54. The molecule has 0 spiro atoms. The molecule has 1 N–H and O–H groups in total. The SMILES string of the molecule is CCOCCN1CCN(C(=O)[C@H]2CCN[C@@H](C)C2)CC1CC.Cl. The van der Waals surface area contributed by atoms with Gasteiger partial charge in [0, 0.05) is 50.8 Å². The van der Waals surface area contributed by atoms with Gasteiger partial charge in [-0.15, -0.1) is 12.4 Å². The first-order valence-electron chi connectivity index (χ1n) is 8.99. The van der Waals surface area contributed by atoms with Crippen LogP contribution in [0.25, 0.3) is 0 Å². The molecule has 6 heteroatoms. The normalized spacial score (nSPS) is 29.2. The molecule has 2 heterocycles. The number of hydrogen-bond acceptors (Lipinski definition) is 4. The molecule has 23 heavy (non-hydrogen) atoms. The fourth-order valence-electron chi connectivity index (χ4n) is 3.72. The maximum Gasteiger partial charge on any atom is 0.225 e. The molecule has 2 aliphatic heterocycles. The number of nitrogens with one attached hydrogen (secondary N) is 1. The van der Waals surface area contributed by atoms with Crippen LogP contribution >= 0.6 is 12.4 Å². The van der Waals surface area contributed by atoms with Gasteiger partial charge in [-0.05, 0) is 39.7 Å². The molecule has 2 rings (SSSR count). The lowest BCUT2D eigenvalue weighted by Crippen LogP contribution is -2.57. The van der Waals surface area contributed by atoms with Crippen LogP contribution in [0.1, 0.15) is 40.0 Å². The number of amides is 1. The zero-order chi connectivity index (χ0) is 15.9. The molecule has 1 amide bonds. The summed E-state index contributed by atoms with van der Waals surface area (Å²) in [5, 5.41) is 3.43. The van der Waals surface area contributed by atoms with Gasteiger partial charge < -0.3 is 15.0 Å². The second-order valence-electron chi connectivity index (χ2n) is 6.66. The summed E-state index contributed by atoms with van der Waals surface area (Å²) in [6.45, 7) is 12.7. The van der Waals surface area contributed by atoms with Crippen molar-refractivity contribution in [3.63, 3.8) is 0 Å². The molecule has 0 bridgehead atoms. The molecule has 2 fully saturated rings. The maximum absolute atomic E-state index is 12.8. The summed E-state index contributed by atoms with van der Waals surface area (Å²) in [6, 6.07) is 0.953. The van der Waals surface area contributed by atoms with Crippen molar-refractivity contribution in [3.8, 4) is 0 Å². The van der Waals surface area contributed by atoms with Gasteiger partial charge in [-0.3, -0.25) is 9.69 Å². The van der Waals surface area contributed by atoms with Crippen LogP contribution < -0.4 is 5.32 Å². The third-order valence-corrected chi connectivity index (χ3v) is 5.09. The molecular formula is C17H34ClN3O2. The van der Waals surface area contributed by atoms with Gasteiger partial charge in [-0.25, -0.2) is 0 Å². The lowest BCUT2D eigenvalue weighted by Gasteiger charge is -2.43. The smallest absolute Gasteiger partial charge is 0.225 e. The third kappa shape index (κ3) is 5.89. The Labute approximate surface area is 147 Å². The summed E-state index contributed by atoms with van der Waals surface area (Å²) in [4.78, 5) is 17.4. The van der Waals surface area contributed by atoms with Crippen molar-refractivity contribution in [1.82, 2.24) is 15.1 Å². The number of rotatable bonds is 6. The Morgan fingerprint density at radius 3 is 2.74 bits per heavy atom. The van der Waals surface area contributed by atoms with Crippen LogP contribution in [0, 0.1) is 5.92 Å². The Morgan fingerprint density at radius 2 is 2.09 bits per heavy atom. The number of piperazine rings is 1. The molecule has 2 aliphatic rings. The van der Waals surface area contributed by atoms with E-state index in [2.05, 4.69) is 29.0 Å². The zero-order valence-corrected chi connectivity index (χ0v) is 15.7. The molecule has 136 valence electrons. The van der Waals surface area contributed by atoms with Gasteiger partial charge in [0.1, 0.15) is 0 Å². The maximum atomic E-state index is 12.8. The number of carbonyl (C=O) groups excluding carboxylic acids is 1. The van der Waals surface area contributed by atoms with E-state index in [4.69, 9.17) is 4.74 Å². The van der Waals surface area contributed by atoms with E-state index in [1.807, 2.05) is 6.92 Å². The predicted octanol–water partition coefficient (Wildman–Crippen LogP) is 1.76.